The third-order valence-electron chi connectivity index (χ3n) is 5.53. The highest BCUT2D eigenvalue weighted by Gasteiger charge is 2.17. The van der Waals surface area contributed by atoms with Crippen LogP contribution in [0.25, 0.3) is 20.7 Å². The summed E-state index contributed by atoms with van der Waals surface area (Å²) in [6.45, 7) is 1.97. The largest absolute Gasteiger partial charge is 0.496 e. The molecule has 9 heteroatoms. The lowest BCUT2D eigenvalue weighted by Gasteiger charge is -2.14. The monoisotopic (exact) mass is 479 g/mol. The maximum absolute atomic E-state index is 13.2. The summed E-state index contributed by atoms with van der Waals surface area (Å²) >= 11 is 1.48. The van der Waals surface area contributed by atoms with Crippen LogP contribution in [-0.2, 0) is 17.9 Å². The van der Waals surface area contributed by atoms with Crippen LogP contribution < -0.4 is 25.1 Å². The molecule has 0 saturated heterocycles. The number of nitrogens with one attached hydrogen (secondary N) is 1. The van der Waals surface area contributed by atoms with Crippen LogP contribution in [0.4, 0.5) is 0 Å². The molecule has 0 aliphatic heterocycles. The fourth-order valence-electron chi connectivity index (χ4n) is 3.77. The van der Waals surface area contributed by atoms with Crippen LogP contribution in [0.5, 0.6) is 17.2 Å². The van der Waals surface area contributed by atoms with E-state index in [2.05, 4.69) is 10.3 Å². The van der Waals surface area contributed by atoms with E-state index in [4.69, 9.17) is 14.2 Å². The van der Waals surface area contributed by atoms with E-state index >= 15 is 0 Å². The quantitative estimate of drug-likeness (QED) is 0.414. The van der Waals surface area contributed by atoms with Gasteiger partial charge in [0.05, 0.1) is 33.0 Å². The van der Waals surface area contributed by atoms with Gasteiger partial charge >= 0.3 is 0 Å². The first-order valence-electron chi connectivity index (χ1n) is 10.6. The Morgan fingerprint density at radius 2 is 1.71 bits per heavy atom. The SMILES string of the molecule is COc1cc(OC)c(OC)cc1CNC(=O)Cn1cnc2sc(-c3ccccc3)c(C)c2c1=O. The second kappa shape index (κ2) is 9.96. The molecule has 0 fully saturated rings. The number of carbonyl (C=O) groups is 1. The second-order valence-electron chi connectivity index (χ2n) is 7.58. The summed E-state index contributed by atoms with van der Waals surface area (Å²) in [5, 5.41) is 3.37. The van der Waals surface area contributed by atoms with E-state index < -0.39 is 0 Å². The zero-order valence-corrected chi connectivity index (χ0v) is 20.2. The summed E-state index contributed by atoms with van der Waals surface area (Å²) < 4.78 is 17.4. The van der Waals surface area contributed by atoms with Crippen molar-refractivity contribution < 1.29 is 19.0 Å². The number of nitrogens with zero attached hydrogens (tertiary/aromatic N) is 2. The zero-order chi connectivity index (χ0) is 24.2. The normalized spacial score (nSPS) is 10.8. The molecule has 4 rings (SSSR count). The first kappa shape index (κ1) is 23.3. The first-order valence-corrected chi connectivity index (χ1v) is 11.4. The number of thiophene rings is 1. The van der Waals surface area contributed by atoms with E-state index in [1.165, 1.54) is 29.3 Å². The van der Waals surface area contributed by atoms with Crippen molar-refractivity contribution in [1.82, 2.24) is 14.9 Å². The molecule has 4 aromatic rings. The maximum Gasteiger partial charge on any atom is 0.262 e. The lowest BCUT2D eigenvalue weighted by atomic mass is 10.1. The lowest BCUT2D eigenvalue weighted by molar-refractivity contribution is -0.121. The Bertz CT molecular complexity index is 1400. The molecule has 0 aliphatic carbocycles. The van der Waals surface area contributed by atoms with Crippen LogP contribution in [0.2, 0.25) is 0 Å². The molecule has 1 N–H and O–H groups in total. The summed E-state index contributed by atoms with van der Waals surface area (Å²) in [6.07, 6.45) is 1.42. The minimum atomic E-state index is -0.323. The van der Waals surface area contributed by atoms with Crippen molar-refractivity contribution in [3.8, 4) is 27.7 Å². The van der Waals surface area contributed by atoms with Crippen LogP contribution in [-0.4, -0.2) is 36.8 Å². The summed E-state index contributed by atoms with van der Waals surface area (Å²) in [7, 11) is 4.62. The molecule has 0 radical (unpaired) electrons. The fourth-order valence-corrected chi connectivity index (χ4v) is 4.92. The molecule has 2 heterocycles. The number of fused-ring (bicyclic) bond motifs is 1. The van der Waals surface area contributed by atoms with Crippen LogP contribution in [0.1, 0.15) is 11.1 Å². The molecular weight excluding hydrogens is 454 g/mol. The molecule has 0 saturated carbocycles. The Morgan fingerprint density at radius 1 is 1.03 bits per heavy atom. The summed E-state index contributed by atoms with van der Waals surface area (Å²) in [4.78, 5) is 31.9. The number of carbonyl (C=O) groups excluding carboxylic acids is 1. The van der Waals surface area contributed by atoms with Crippen molar-refractivity contribution in [2.24, 2.45) is 0 Å². The van der Waals surface area contributed by atoms with Gasteiger partial charge in [-0.15, -0.1) is 11.3 Å². The highest BCUT2D eigenvalue weighted by atomic mass is 32.1. The summed E-state index contributed by atoms with van der Waals surface area (Å²) in [5.74, 6) is 1.29. The fraction of sp³-hybridized carbons (Fsp3) is 0.240. The molecule has 2 aromatic carbocycles. The topological polar surface area (TPSA) is 91.7 Å². The van der Waals surface area contributed by atoms with E-state index in [9.17, 15) is 9.59 Å². The number of hydrogen-bond acceptors (Lipinski definition) is 7. The molecule has 2 aromatic heterocycles. The van der Waals surface area contributed by atoms with E-state index in [0.717, 1.165) is 21.6 Å². The van der Waals surface area contributed by atoms with Crippen molar-refractivity contribution in [2.75, 3.05) is 21.3 Å². The molecule has 0 bridgehead atoms. The van der Waals surface area contributed by atoms with Crippen LogP contribution >= 0.6 is 11.3 Å². The van der Waals surface area contributed by atoms with Crippen LogP contribution in [0.3, 0.4) is 0 Å². The minimum Gasteiger partial charge on any atom is -0.496 e. The second-order valence-corrected chi connectivity index (χ2v) is 8.57. The van der Waals surface area contributed by atoms with Gasteiger partial charge in [0, 0.05) is 23.1 Å². The number of aromatic nitrogens is 2. The number of amides is 1. The van der Waals surface area contributed by atoms with Gasteiger partial charge in [0.25, 0.3) is 5.56 Å². The standard InChI is InChI=1S/C25H25N3O5S/c1-15-22-24(34-23(15)16-8-6-5-7-9-16)27-14-28(25(22)30)13-21(29)26-12-17-10-19(32-3)20(33-4)11-18(17)31-2/h5-11,14H,12-13H2,1-4H3,(H,26,29). The van der Waals surface area contributed by atoms with E-state index in [0.29, 0.717) is 27.5 Å². The van der Waals surface area contributed by atoms with Crippen molar-refractivity contribution in [1.29, 1.82) is 0 Å². The molecule has 0 aliphatic rings. The Hall–Kier alpha value is -3.85. The summed E-state index contributed by atoms with van der Waals surface area (Å²) in [6, 6.07) is 13.3. The van der Waals surface area contributed by atoms with Gasteiger partial charge in [-0.2, -0.15) is 0 Å². The number of ether oxygens (including phenoxy) is 3. The molecule has 1 amide bonds. The molecule has 0 atom stereocenters. The number of benzene rings is 2. The predicted molar refractivity (Wildman–Crippen MR) is 132 cm³/mol. The highest BCUT2D eigenvalue weighted by molar-refractivity contribution is 7.22. The lowest BCUT2D eigenvalue weighted by Crippen LogP contribution is -2.32. The molecule has 176 valence electrons. The Kier molecular flexibility index (Phi) is 6.83. The number of methoxy groups -OCH3 is 3. The number of hydrogen-bond donors (Lipinski definition) is 1. The molecule has 8 nitrogen and oxygen atoms in total. The van der Waals surface area contributed by atoms with E-state index in [-0.39, 0.29) is 24.6 Å². The van der Waals surface area contributed by atoms with Gasteiger partial charge in [-0.05, 0) is 24.1 Å². The first-order chi connectivity index (χ1) is 16.5. The Labute approximate surface area is 200 Å². The third kappa shape index (κ3) is 4.47. The van der Waals surface area contributed by atoms with Gasteiger partial charge in [0.1, 0.15) is 17.1 Å². The molecule has 0 spiro atoms. The maximum atomic E-state index is 13.2. The average Bonchev–Trinajstić information content (AvgIpc) is 3.21. The highest BCUT2D eigenvalue weighted by Crippen LogP contribution is 2.36. The summed E-state index contributed by atoms with van der Waals surface area (Å²) in [5.41, 5.74) is 2.39. The average molecular weight is 480 g/mol. The molecule has 0 unspecified atom stereocenters. The van der Waals surface area contributed by atoms with Crippen molar-refractivity contribution >= 4 is 27.5 Å². The molecular formula is C25H25N3O5S. The van der Waals surface area contributed by atoms with Crippen LogP contribution in [0, 0.1) is 6.92 Å². The van der Waals surface area contributed by atoms with E-state index in [1.807, 2.05) is 37.3 Å². The van der Waals surface area contributed by atoms with Gasteiger partial charge < -0.3 is 19.5 Å². The van der Waals surface area contributed by atoms with Crippen LogP contribution in [0.15, 0.2) is 53.6 Å². The zero-order valence-electron chi connectivity index (χ0n) is 19.4. The predicted octanol–water partition coefficient (Wildman–Crippen LogP) is 3.78. The smallest absolute Gasteiger partial charge is 0.262 e. The van der Waals surface area contributed by atoms with Gasteiger partial charge in [-0.3, -0.25) is 14.2 Å². The minimum absolute atomic E-state index is 0.146. The van der Waals surface area contributed by atoms with E-state index in [1.54, 1.807) is 26.4 Å². The number of rotatable bonds is 8. The van der Waals surface area contributed by atoms with Gasteiger partial charge in [-0.1, -0.05) is 30.3 Å². The van der Waals surface area contributed by atoms with Gasteiger partial charge in [-0.25, -0.2) is 4.98 Å². The van der Waals surface area contributed by atoms with Crippen molar-refractivity contribution in [2.45, 2.75) is 20.0 Å². The Morgan fingerprint density at radius 3 is 2.38 bits per heavy atom. The molecule has 34 heavy (non-hydrogen) atoms. The third-order valence-corrected chi connectivity index (χ3v) is 6.78. The number of aryl methyl sites for hydroxylation is 1. The Balaban J connectivity index is 1.54. The van der Waals surface area contributed by atoms with Crippen molar-refractivity contribution in [3.63, 3.8) is 0 Å². The van der Waals surface area contributed by atoms with Gasteiger partial charge in [0.2, 0.25) is 5.91 Å². The van der Waals surface area contributed by atoms with Crippen molar-refractivity contribution in [3.05, 3.63) is 70.3 Å². The van der Waals surface area contributed by atoms with Gasteiger partial charge in [0.15, 0.2) is 11.5 Å².